The van der Waals surface area contributed by atoms with E-state index in [2.05, 4.69) is 12.2 Å². The number of hydrogen-bond donors (Lipinski definition) is 3. The van der Waals surface area contributed by atoms with Crippen molar-refractivity contribution in [2.45, 2.75) is 109 Å². The zero-order valence-corrected chi connectivity index (χ0v) is 15.8. The van der Waals surface area contributed by atoms with Crippen molar-refractivity contribution in [1.82, 2.24) is 5.32 Å². The van der Waals surface area contributed by atoms with Crippen molar-refractivity contribution in [3.05, 3.63) is 0 Å². The second kappa shape index (κ2) is 19.9. The van der Waals surface area contributed by atoms with Gasteiger partial charge in [-0.25, -0.2) is 0 Å². The normalized spacial score (nSPS) is 12.7. The Morgan fingerprint density at radius 1 is 0.739 bits per heavy atom. The predicted octanol–water partition coefficient (Wildman–Crippen LogP) is 4.77. The van der Waals surface area contributed by atoms with Crippen LogP contribution in [-0.2, 0) is 0 Å². The summed E-state index contributed by atoms with van der Waals surface area (Å²) >= 11 is 0. The monoisotopic (exact) mass is 328 g/mol. The molecule has 0 aliphatic carbocycles. The Balaban J connectivity index is 3.05. The largest absolute Gasteiger partial charge is 0.392 e. The molecule has 0 aromatic carbocycles. The van der Waals surface area contributed by atoms with Gasteiger partial charge in [-0.1, -0.05) is 96.8 Å². The summed E-state index contributed by atoms with van der Waals surface area (Å²) in [5, 5.41) is 12.9. The fourth-order valence-corrected chi connectivity index (χ4v) is 3.05. The lowest BCUT2D eigenvalue weighted by Crippen LogP contribution is -2.30. The minimum Gasteiger partial charge on any atom is -0.392 e. The first-order valence-corrected chi connectivity index (χ1v) is 10.4. The summed E-state index contributed by atoms with van der Waals surface area (Å²) in [6.45, 7) is 4.42. The van der Waals surface area contributed by atoms with Crippen molar-refractivity contribution in [1.29, 1.82) is 0 Å². The maximum absolute atomic E-state index is 9.76. The first kappa shape index (κ1) is 22.9. The first-order chi connectivity index (χ1) is 11.3. The maximum Gasteiger partial charge on any atom is 0.0664 e. The third kappa shape index (κ3) is 19.8. The van der Waals surface area contributed by atoms with Crippen LogP contribution < -0.4 is 11.1 Å². The molecule has 0 unspecified atom stereocenters. The molecule has 23 heavy (non-hydrogen) atoms. The summed E-state index contributed by atoms with van der Waals surface area (Å²) in [4.78, 5) is 0. The van der Waals surface area contributed by atoms with E-state index in [4.69, 9.17) is 5.73 Å². The van der Waals surface area contributed by atoms with Crippen LogP contribution in [0, 0.1) is 0 Å². The second-order valence-corrected chi connectivity index (χ2v) is 7.03. The van der Waals surface area contributed by atoms with Crippen LogP contribution in [-0.4, -0.2) is 30.8 Å². The molecule has 3 heteroatoms. The summed E-state index contributed by atoms with van der Waals surface area (Å²) in [5.74, 6) is 0. The highest BCUT2D eigenvalue weighted by Gasteiger charge is 2.02. The van der Waals surface area contributed by atoms with Crippen molar-refractivity contribution in [3.63, 3.8) is 0 Å². The predicted molar refractivity (Wildman–Crippen MR) is 103 cm³/mol. The van der Waals surface area contributed by atoms with Gasteiger partial charge >= 0.3 is 0 Å². The minimum absolute atomic E-state index is 0.195. The van der Waals surface area contributed by atoms with Gasteiger partial charge in [-0.2, -0.15) is 0 Å². The molecule has 0 amide bonds. The fraction of sp³-hybridized carbons (Fsp3) is 1.00. The van der Waals surface area contributed by atoms with Crippen molar-refractivity contribution >= 4 is 0 Å². The highest BCUT2D eigenvalue weighted by atomic mass is 16.3. The Morgan fingerprint density at radius 3 is 1.61 bits per heavy atom. The van der Waals surface area contributed by atoms with Crippen LogP contribution in [0.15, 0.2) is 0 Å². The molecule has 0 saturated carbocycles. The van der Waals surface area contributed by atoms with E-state index >= 15 is 0 Å². The lowest BCUT2D eigenvalue weighted by atomic mass is 10.0. The Bertz CT molecular complexity index is 212. The third-order valence-corrected chi connectivity index (χ3v) is 4.59. The van der Waals surface area contributed by atoms with E-state index in [0.29, 0.717) is 13.1 Å². The zero-order chi connectivity index (χ0) is 17.0. The first-order valence-electron chi connectivity index (χ1n) is 10.4. The van der Waals surface area contributed by atoms with E-state index in [1.807, 2.05) is 0 Å². The summed E-state index contributed by atoms with van der Waals surface area (Å²) in [6.07, 6.45) is 20.1. The number of aliphatic hydroxyl groups excluding tert-OH is 1. The van der Waals surface area contributed by atoms with Gasteiger partial charge in [-0.3, -0.25) is 0 Å². The Kier molecular flexibility index (Phi) is 19.8. The van der Waals surface area contributed by atoms with Gasteiger partial charge < -0.3 is 16.2 Å². The molecule has 0 fully saturated rings. The summed E-state index contributed by atoms with van der Waals surface area (Å²) in [5.41, 5.74) is 5.40. The van der Waals surface area contributed by atoms with Gasteiger partial charge in [0.1, 0.15) is 0 Å². The smallest absolute Gasteiger partial charge is 0.0664 e. The quantitative estimate of drug-likeness (QED) is 0.299. The Labute approximate surface area is 145 Å². The van der Waals surface area contributed by atoms with Crippen LogP contribution in [0.5, 0.6) is 0 Å². The van der Waals surface area contributed by atoms with Crippen molar-refractivity contribution in [2.24, 2.45) is 5.73 Å². The minimum atomic E-state index is -0.195. The van der Waals surface area contributed by atoms with E-state index in [1.54, 1.807) is 0 Å². The van der Waals surface area contributed by atoms with E-state index in [1.165, 1.54) is 83.5 Å². The lowest BCUT2D eigenvalue weighted by molar-refractivity contribution is 0.158. The molecule has 3 nitrogen and oxygen atoms in total. The van der Waals surface area contributed by atoms with E-state index in [-0.39, 0.29) is 6.10 Å². The summed E-state index contributed by atoms with van der Waals surface area (Å²) < 4.78 is 0. The molecule has 0 spiro atoms. The van der Waals surface area contributed by atoms with Crippen LogP contribution in [0.2, 0.25) is 0 Å². The molecule has 140 valence electrons. The molecule has 0 aliphatic rings. The number of rotatable bonds is 19. The van der Waals surface area contributed by atoms with Crippen LogP contribution in [0.4, 0.5) is 0 Å². The number of nitrogens with one attached hydrogen (secondary N) is 1. The van der Waals surface area contributed by atoms with E-state index < -0.39 is 0 Å². The number of hydrogen-bond acceptors (Lipinski definition) is 3. The van der Waals surface area contributed by atoms with Crippen molar-refractivity contribution in [2.75, 3.05) is 19.6 Å². The Hall–Kier alpha value is -0.120. The molecule has 0 rings (SSSR count). The molecular weight excluding hydrogens is 284 g/mol. The molecule has 0 aliphatic heterocycles. The Morgan fingerprint density at radius 2 is 1.17 bits per heavy atom. The van der Waals surface area contributed by atoms with Crippen molar-refractivity contribution < 1.29 is 5.11 Å². The molecule has 0 bridgehead atoms. The topological polar surface area (TPSA) is 58.3 Å². The zero-order valence-electron chi connectivity index (χ0n) is 15.8. The average Bonchev–Trinajstić information content (AvgIpc) is 2.55. The van der Waals surface area contributed by atoms with Crippen LogP contribution >= 0.6 is 0 Å². The van der Waals surface area contributed by atoms with Crippen LogP contribution in [0.1, 0.15) is 103 Å². The van der Waals surface area contributed by atoms with E-state index in [9.17, 15) is 5.11 Å². The van der Waals surface area contributed by atoms with Gasteiger partial charge in [0.05, 0.1) is 6.10 Å². The van der Waals surface area contributed by atoms with Gasteiger partial charge in [0.2, 0.25) is 0 Å². The fourth-order valence-electron chi connectivity index (χ4n) is 3.05. The standard InChI is InChI=1S/C20H44N2O/c1-2-3-4-5-6-7-8-9-10-11-12-13-14-15-16-20(23)19-22-18-17-21/h20,22-23H,2-19,21H2,1H3/t20-/m0/s1. The van der Waals surface area contributed by atoms with Gasteiger partial charge in [-0.05, 0) is 6.42 Å². The number of nitrogens with two attached hydrogens (primary N) is 1. The summed E-state index contributed by atoms with van der Waals surface area (Å²) in [7, 11) is 0. The average molecular weight is 329 g/mol. The summed E-state index contributed by atoms with van der Waals surface area (Å²) in [6, 6.07) is 0. The SMILES string of the molecule is CCCCCCCCCCCCCCCC[C@H](O)CNCCN. The lowest BCUT2D eigenvalue weighted by Gasteiger charge is -2.11. The van der Waals surface area contributed by atoms with Crippen LogP contribution in [0.25, 0.3) is 0 Å². The highest BCUT2D eigenvalue weighted by Crippen LogP contribution is 2.13. The maximum atomic E-state index is 9.76. The molecule has 1 atom stereocenters. The van der Waals surface area contributed by atoms with Gasteiger partial charge in [-0.15, -0.1) is 0 Å². The molecule has 0 aromatic heterocycles. The van der Waals surface area contributed by atoms with Crippen LogP contribution in [0.3, 0.4) is 0 Å². The molecule has 0 aromatic rings. The second-order valence-electron chi connectivity index (χ2n) is 7.03. The third-order valence-electron chi connectivity index (χ3n) is 4.59. The van der Waals surface area contributed by atoms with Gasteiger partial charge in [0.15, 0.2) is 0 Å². The van der Waals surface area contributed by atoms with Crippen molar-refractivity contribution in [3.8, 4) is 0 Å². The molecule has 0 saturated heterocycles. The van der Waals surface area contributed by atoms with Gasteiger partial charge in [0, 0.05) is 19.6 Å². The van der Waals surface area contributed by atoms with E-state index in [0.717, 1.165) is 19.4 Å². The van der Waals surface area contributed by atoms with Gasteiger partial charge in [0.25, 0.3) is 0 Å². The molecule has 0 heterocycles. The molecule has 4 N–H and O–H groups in total. The number of unbranched alkanes of at least 4 members (excludes halogenated alkanes) is 13. The molecular formula is C20H44N2O. The highest BCUT2D eigenvalue weighted by molar-refractivity contribution is 4.60. The molecule has 0 radical (unpaired) electrons. The number of aliphatic hydroxyl groups is 1.